The lowest BCUT2D eigenvalue weighted by molar-refractivity contribution is 0.0685. The van der Waals surface area contributed by atoms with Crippen LogP contribution in [0.4, 0.5) is 0 Å². The highest BCUT2D eigenvalue weighted by atomic mass is 32.1. The molecule has 2 heterocycles. The van der Waals surface area contributed by atoms with Gasteiger partial charge in [0.25, 0.3) is 0 Å². The first-order chi connectivity index (χ1) is 7.09. The number of nitrogens with zero attached hydrogens (tertiary/aromatic N) is 2. The summed E-state index contributed by atoms with van der Waals surface area (Å²) in [4.78, 5) is 11.4. The van der Waals surface area contributed by atoms with Crippen LogP contribution in [0.1, 0.15) is 10.5 Å². The largest absolute Gasteiger partial charge is 0.506 e. The molecule has 5 nitrogen and oxygen atoms in total. The van der Waals surface area contributed by atoms with Crippen LogP contribution in [0.25, 0.3) is 10.6 Å². The molecule has 2 aromatic heterocycles. The first kappa shape index (κ1) is 9.72. The van der Waals surface area contributed by atoms with Crippen LogP contribution >= 0.6 is 11.3 Å². The first-order valence-electron chi connectivity index (χ1n) is 4.13. The van der Waals surface area contributed by atoms with Crippen molar-refractivity contribution in [2.24, 2.45) is 7.05 Å². The number of aromatic hydroxyl groups is 1. The van der Waals surface area contributed by atoms with Gasteiger partial charge in [0.15, 0.2) is 0 Å². The van der Waals surface area contributed by atoms with Crippen LogP contribution in [-0.2, 0) is 7.05 Å². The standard InChI is InChI=1S/C9H8N2O3S/c1-11-6(9(13)14)4-5(10-11)8-7(12)2-3-15-8/h2-4,12H,1H3,(H,13,14). The van der Waals surface area contributed by atoms with E-state index in [-0.39, 0.29) is 11.4 Å². The van der Waals surface area contributed by atoms with Gasteiger partial charge in [-0.25, -0.2) is 4.79 Å². The Balaban J connectivity index is 2.52. The van der Waals surface area contributed by atoms with Crippen molar-refractivity contribution < 1.29 is 15.0 Å². The van der Waals surface area contributed by atoms with Crippen LogP contribution in [0.3, 0.4) is 0 Å². The van der Waals surface area contributed by atoms with Crippen molar-refractivity contribution in [3.63, 3.8) is 0 Å². The molecular formula is C9H8N2O3S. The van der Waals surface area contributed by atoms with Gasteiger partial charge in [-0.1, -0.05) is 0 Å². The minimum atomic E-state index is -1.03. The number of hydrogen-bond acceptors (Lipinski definition) is 4. The summed E-state index contributed by atoms with van der Waals surface area (Å²) in [6, 6.07) is 2.99. The van der Waals surface area contributed by atoms with Gasteiger partial charge in [0.2, 0.25) is 0 Å². The SMILES string of the molecule is Cn1nc(-c2sccc2O)cc1C(=O)O. The number of aromatic carboxylic acids is 1. The minimum absolute atomic E-state index is 0.0952. The van der Waals surface area contributed by atoms with Gasteiger partial charge in [-0.15, -0.1) is 11.3 Å². The summed E-state index contributed by atoms with van der Waals surface area (Å²) in [6.07, 6.45) is 0. The van der Waals surface area contributed by atoms with Gasteiger partial charge in [0.05, 0.1) is 4.88 Å². The molecule has 0 fully saturated rings. The molecule has 0 saturated heterocycles. The van der Waals surface area contributed by atoms with Crippen LogP contribution in [0, 0.1) is 0 Å². The van der Waals surface area contributed by atoms with E-state index in [1.807, 2.05) is 0 Å². The minimum Gasteiger partial charge on any atom is -0.506 e. The van der Waals surface area contributed by atoms with E-state index in [9.17, 15) is 9.90 Å². The maximum atomic E-state index is 10.8. The zero-order valence-electron chi connectivity index (χ0n) is 7.84. The molecule has 0 saturated carbocycles. The van der Waals surface area contributed by atoms with Gasteiger partial charge in [0.1, 0.15) is 17.1 Å². The quantitative estimate of drug-likeness (QED) is 0.811. The molecule has 2 aromatic rings. The maximum absolute atomic E-state index is 10.8. The van der Waals surface area contributed by atoms with Crippen molar-refractivity contribution >= 4 is 17.3 Å². The molecule has 78 valence electrons. The predicted octanol–water partition coefficient (Wildman–Crippen LogP) is 1.55. The fourth-order valence-electron chi connectivity index (χ4n) is 1.27. The first-order valence-corrected chi connectivity index (χ1v) is 5.01. The molecule has 0 radical (unpaired) electrons. The normalized spacial score (nSPS) is 10.5. The molecule has 0 amide bonds. The molecule has 15 heavy (non-hydrogen) atoms. The van der Waals surface area contributed by atoms with Gasteiger partial charge < -0.3 is 10.2 Å². The molecule has 0 spiro atoms. The summed E-state index contributed by atoms with van der Waals surface area (Å²) < 4.78 is 1.27. The number of aryl methyl sites for hydroxylation is 1. The van der Waals surface area contributed by atoms with E-state index in [1.54, 1.807) is 18.5 Å². The smallest absolute Gasteiger partial charge is 0.354 e. The molecule has 0 aliphatic carbocycles. The number of thiophene rings is 1. The van der Waals surface area contributed by atoms with E-state index < -0.39 is 5.97 Å². The summed E-state index contributed by atoms with van der Waals surface area (Å²) in [5.41, 5.74) is 0.570. The van der Waals surface area contributed by atoms with E-state index in [2.05, 4.69) is 5.10 Å². The second kappa shape index (κ2) is 3.39. The summed E-state index contributed by atoms with van der Waals surface area (Å²) >= 11 is 1.32. The Morgan fingerprint density at radius 1 is 1.60 bits per heavy atom. The Labute approximate surface area is 89.2 Å². The van der Waals surface area contributed by atoms with E-state index in [0.717, 1.165) is 0 Å². The molecule has 0 bridgehead atoms. The van der Waals surface area contributed by atoms with Crippen LogP contribution in [0.5, 0.6) is 5.75 Å². The number of carboxylic acid groups (broad SMARTS) is 1. The lowest BCUT2D eigenvalue weighted by atomic mass is 10.3. The lowest BCUT2D eigenvalue weighted by Gasteiger charge is -1.92. The van der Waals surface area contributed by atoms with Crippen LogP contribution in [-0.4, -0.2) is 26.0 Å². The van der Waals surface area contributed by atoms with Crippen molar-refractivity contribution in [1.29, 1.82) is 0 Å². The number of hydrogen-bond donors (Lipinski definition) is 2. The number of carboxylic acids is 1. The Kier molecular flexibility index (Phi) is 2.20. The Morgan fingerprint density at radius 2 is 2.33 bits per heavy atom. The molecule has 2 N–H and O–H groups in total. The van der Waals surface area contributed by atoms with Crippen molar-refractivity contribution in [3.8, 4) is 16.3 Å². The van der Waals surface area contributed by atoms with E-state index in [1.165, 1.54) is 22.1 Å². The molecule has 0 aliphatic heterocycles. The van der Waals surface area contributed by atoms with Gasteiger partial charge in [-0.05, 0) is 17.5 Å². The van der Waals surface area contributed by atoms with Gasteiger partial charge in [-0.3, -0.25) is 4.68 Å². The lowest BCUT2D eigenvalue weighted by Crippen LogP contribution is -2.04. The van der Waals surface area contributed by atoms with Gasteiger partial charge in [0, 0.05) is 7.05 Å². The molecule has 0 atom stereocenters. The van der Waals surface area contributed by atoms with E-state index >= 15 is 0 Å². The number of rotatable bonds is 2. The third-order valence-corrected chi connectivity index (χ3v) is 2.90. The summed E-state index contributed by atoms with van der Waals surface area (Å²) in [7, 11) is 1.55. The Hall–Kier alpha value is -1.82. The fraction of sp³-hybridized carbons (Fsp3) is 0.111. The van der Waals surface area contributed by atoms with Crippen molar-refractivity contribution in [2.45, 2.75) is 0 Å². The zero-order valence-corrected chi connectivity index (χ0v) is 8.65. The Morgan fingerprint density at radius 3 is 2.80 bits per heavy atom. The zero-order chi connectivity index (χ0) is 11.0. The molecule has 2 rings (SSSR count). The van der Waals surface area contributed by atoms with Crippen molar-refractivity contribution in [3.05, 3.63) is 23.2 Å². The highest BCUT2D eigenvalue weighted by molar-refractivity contribution is 7.13. The van der Waals surface area contributed by atoms with Crippen molar-refractivity contribution in [2.75, 3.05) is 0 Å². The highest BCUT2D eigenvalue weighted by Crippen LogP contribution is 2.33. The fourth-order valence-corrected chi connectivity index (χ4v) is 2.01. The summed E-state index contributed by atoms with van der Waals surface area (Å²) in [5, 5.41) is 24.0. The van der Waals surface area contributed by atoms with E-state index in [0.29, 0.717) is 10.6 Å². The van der Waals surface area contributed by atoms with Crippen molar-refractivity contribution in [1.82, 2.24) is 9.78 Å². The summed E-state index contributed by atoms with van der Waals surface area (Å²) in [5.74, 6) is -0.915. The van der Waals surface area contributed by atoms with Crippen LogP contribution < -0.4 is 0 Å². The van der Waals surface area contributed by atoms with Crippen LogP contribution in [0.15, 0.2) is 17.5 Å². The molecule has 0 aromatic carbocycles. The summed E-state index contributed by atoms with van der Waals surface area (Å²) in [6.45, 7) is 0. The number of aromatic nitrogens is 2. The van der Waals surface area contributed by atoms with E-state index in [4.69, 9.17) is 5.11 Å². The van der Waals surface area contributed by atoms with Gasteiger partial charge >= 0.3 is 5.97 Å². The third kappa shape index (κ3) is 1.59. The number of carbonyl (C=O) groups is 1. The second-order valence-corrected chi connectivity index (χ2v) is 3.89. The topological polar surface area (TPSA) is 75.3 Å². The molecule has 0 aliphatic rings. The Bertz CT molecular complexity index is 515. The molecule has 6 heteroatoms. The predicted molar refractivity (Wildman–Crippen MR) is 55.1 cm³/mol. The molecular weight excluding hydrogens is 216 g/mol. The highest BCUT2D eigenvalue weighted by Gasteiger charge is 2.15. The monoisotopic (exact) mass is 224 g/mol. The average Bonchev–Trinajstić information content (AvgIpc) is 2.71. The average molecular weight is 224 g/mol. The molecule has 0 unspecified atom stereocenters. The van der Waals surface area contributed by atoms with Gasteiger partial charge in [-0.2, -0.15) is 5.10 Å². The maximum Gasteiger partial charge on any atom is 0.354 e. The third-order valence-electron chi connectivity index (χ3n) is 1.98. The van der Waals surface area contributed by atoms with Crippen LogP contribution in [0.2, 0.25) is 0 Å². The second-order valence-electron chi connectivity index (χ2n) is 2.98.